The van der Waals surface area contributed by atoms with Crippen LogP contribution in [0, 0.1) is 17.6 Å². The van der Waals surface area contributed by atoms with Crippen LogP contribution in [0.15, 0.2) is 12.1 Å². The second-order valence-corrected chi connectivity index (χ2v) is 4.35. The average molecular weight is 257 g/mol. The van der Waals surface area contributed by atoms with Crippen molar-refractivity contribution in [2.75, 3.05) is 12.3 Å². The Morgan fingerprint density at radius 2 is 2.11 bits per heavy atom. The van der Waals surface area contributed by atoms with E-state index in [-0.39, 0.29) is 12.5 Å². The SMILES string of the molecule is CCCC(C)COC(=O)c1cc(F)cc(N)c1F. The van der Waals surface area contributed by atoms with Crippen LogP contribution in [-0.4, -0.2) is 12.6 Å². The Hall–Kier alpha value is -1.65. The molecule has 0 saturated heterocycles. The molecule has 1 atom stereocenters. The third-order valence-corrected chi connectivity index (χ3v) is 2.57. The van der Waals surface area contributed by atoms with Crippen molar-refractivity contribution in [2.24, 2.45) is 5.92 Å². The molecule has 1 unspecified atom stereocenters. The first-order valence-corrected chi connectivity index (χ1v) is 5.87. The zero-order chi connectivity index (χ0) is 13.7. The lowest BCUT2D eigenvalue weighted by Gasteiger charge is -2.11. The molecule has 0 aliphatic carbocycles. The van der Waals surface area contributed by atoms with Crippen molar-refractivity contribution in [3.63, 3.8) is 0 Å². The number of halogens is 2. The Labute approximate surface area is 105 Å². The predicted octanol–water partition coefficient (Wildman–Crippen LogP) is 3.14. The van der Waals surface area contributed by atoms with E-state index < -0.39 is 28.9 Å². The van der Waals surface area contributed by atoms with Gasteiger partial charge in [0.25, 0.3) is 0 Å². The first-order valence-electron chi connectivity index (χ1n) is 5.87. The van der Waals surface area contributed by atoms with E-state index in [2.05, 4.69) is 0 Å². The number of carbonyl (C=O) groups is 1. The first-order chi connectivity index (χ1) is 8.45. The highest BCUT2D eigenvalue weighted by Gasteiger charge is 2.18. The van der Waals surface area contributed by atoms with Crippen LogP contribution >= 0.6 is 0 Å². The maximum Gasteiger partial charge on any atom is 0.341 e. The number of ether oxygens (including phenoxy) is 1. The maximum atomic E-state index is 13.5. The third-order valence-electron chi connectivity index (χ3n) is 2.57. The fourth-order valence-electron chi connectivity index (χ4n) is 1.63. The summed E-state index contributed by atoms with van der Waals surface area (Å²) in [5, 5.41) is 0. The van der Waals surface area contributed by atoms with Gasteiger partial charge in [-0.3, -0.25) is 0 Å². The number of hydrogen-bond acceptors (Lipinski definition) is 3. The largest absolute Gasteiger partial charge is 0.462 e. The van der Waals surface area contributed by atoms with Crippen molar-refractivity contribution in [1.82, 2.24) is 0 Å². The molecule has 0 aromatic heterocycles. The van der Waals surface area contributed by atoms with E-state index >= 15 is 0 Å². The molecule has 1 aromatic carbocycles. The summed E-state index contributed by atoms with van der Waals surface area (Å²) in [4.78, 5) is 11.6. The van der Waals surface area contributed by atoms with Gasteiger partial charge in [-0.1, -0.05) is 20.3 Å². The van der Waals surface area contributed by atoms with Gasteiger partial charge in [0.1, 0.15) is 11.4 Å². The van der Waals surface area contributed by atoms with Gasteiger partial charge in [-0.25, -0.2) is 13.6 Å². The number of nitrogens with two attached hydrogens (primary N) is 1. The number of anilines is 1. The number of nitrogen functional groups attached to an aromatic ring is 1. The van der Waals surface area contributed by atoms with Crippen LogP contribution in [0.1, 0.15) is 37.0 Å². The highest BCUT2D eigenvalue weighted by molar-refractivity contribution is 5.90. The minimum absolute atomic E-state index is 0.183. The molecule has 2 N–H and O–H groups in total. The fourth-order valence-corrected chi connectivity index (χ4v) is 1.63. The standard InChI is InChI=1S/C13H17F2NO2/c1-3-4-8(2)7-18-13(17)10-5-9(14)6-11(16)12(10)15/h5-6,8H,3-4,7,16H2,1-2H3. The zero-order valence-corrected chi connectivity index (χ0v) is 10.5. The lowest BCUT2D eigenvalue weighted by Crippen LogP contribution is -2.14. The van der Waals surface area contributed by atoms with Crippen molar-refractivity contribution in [3.8, 4) is 0 Å². The zero-order valence-electron chi connectivity index (χ0n) is 10.5. The molecule has 0 bridgehead atoms. The van der Waals surface area contributed by atoms with Crippen molar-refractivity contribution in [1.29, 1.82) is 0 Å². The molecule has 18 heavy (non-hydrogen) atoms. The lowest BCUT2D eigenvalue weighted by molar-refractivity contribution is 0.0438. The summed E-state index contributed by atoms with van der Waals surface area (Å²) in [7, 11) is 0. The third kappa shape index (κ3) is 3.68. The molecule has 0 fully saturated rings. The van der Waals surface area contributed by atoms with Gasteiger partial charge in [-0.15, -0.1) is 0 Å². The van der Waals surface area contributed by atoms with Gasteiger partial charge in [-0.05, 0) is 24.5 Å². The lowest BCUT2D eigenvalue weighted by atomic mass is 10.1. The number of benzene rings is 1. The molecule has 5 heteroatoms. The molecule has 0 saturated carbocycles. The summed E-state index contributed by atoms with van der Waals surface area (Å²) in [6, 6.07) is 1.62. The van der Waals surface area contributed by atoms with Crippen LogP contribution < -0.4 is 5.73 Å². The molecule has 0 radical (unpaired) electrons. The Morgan fingerprint density at radius 1 is 1.44 bits per heavy atom. The molecule has 0 aliphatic rings. The van der Waals surface area contributed by atoms with Gasteiger partial charge in [0.2, 0.25) is 0 Å². The summed E-state index contributed by atoms with van der Waals surface area (Å²) in [5.74, 6) is -2.40. The van der Waals surface area contributed by atoms with Crippen molar-refractivity contribution < 1.29 is 18.3 Å². The molecule has 3 nitrogen and oxygen atoms in total. The van der Waals surface area contributed by atoms with Crippen LogP contribution in [0.2, 0.25) is 0 Å². The average Bonchev–Trinajstić information content (AvgIpc) is 2.31. The number of esters is 1. The van der Waals surface area contributed by atoms with E-state index in [9.17, 15) is 13.6 Å². The van der Waals surface area contributed by atoms with Crippen LogP contribution in [0.4, 0.5) is 14.5 Å². The molecule has 0 amide bonds. The van der Waals surface area contributed by atoms with Gasteiger partial charge < -0.3 is 10.5 Å². The summed E-state index contributed by atoms with van der Waals surface area (Å²) in [6.45, 7) is 4.13. The minimum Gasteiger partial charge on any atom is -0.462 e. The molecule has 1 rings (SSSR count). The molecule has 0 spiro atoms. The maximum absolute atomic E-state index is 13.5. The first kappa shape index (κ1) is 14.4. The Balaban J connectivity index is 2.73. The van der Waals surface area contributed by atoms with Crippen LogP contribution in [-0.2, 0) is 4.74 Å². The Kier molecular flexibility index (Phi) is 5.07. The highest BCUT2D eigenvalue weighted by atomic mass is 19.1. The molecular formula is C13H17F2NO2. The second kappa shape index (κ2) is 6.33. The van der Waals surface area contributed by atoms with Gasteiger partial charge in [0.05, 0.1) is 12.3 Å². The number of carbonyl (C=O) groups excluding carboxylic acids is 1. The fraction of sp³-hybridized carbons (Fsp3) is 0.462. The van der Waals surface area contributed by atoms with Gasteiger partial charge in [0, 0.05) is 0 Å². The van der Waals surface area contributed by atoms with E-state index in [0.717, 1.165) is 25.0 Å². The minimum atomic E-state index is -0.940. The Bertz CT molecular complexity index is 435. The number of hydrogen-bond donors (Lipinski definition) is 1. The van der Waals surface area contributed by atoms with E-state index in [4.69, 9.17) is 10.5 Å². The van der Waals surface area contributed by atoms with Crippen LogP contribution in [0.5, 0.6) is 0 Å². The molecule has 0 heterocycles. The van der Waals surface area contributed by atoms with E-state index in [1.165, 1.54) is 0 Å². The van der Waals surface area contributed by atoms with Crippen LogP contribution in [0.25, 0.3) is 0 Å². The van der Waals surface area contributed by atoms with E-state index in [1.54, 1.807) is 0 Å². The van der Waals surface area contributed by atoms with Gasteiger partial charge >= 0.3 is 5.97 Å². The molecule has 1 aromatic rings. The smallest absolute Gasteiger partial charge is 0.341 e. The summed E-state index contributed by atoms with van der Waals surface area (Å²) in [5.41, 5.74) is 4.38. The van der Waals surface area contributed by atoms with Gasteiger partial charge in [-0.2, -0.15) is 0 Å². The summed E-state index contributed by atoms with van der Waals surface area (Å²) >= 11 is 0. The van der Waals surface area contributed by atoms with E-state index in [1.807, 2.05) is 13.8 Å². The summed E-state index contributed by atoms with van der Waals surface area (Å²) in [6.07, 6.45) is 1.88. The van der Waals surface area contributed by atoms with E-state index in [0.29, 0.717) is 0 Å². The monoisotopic (exact) mass is 257 g/mol. The van der Waals surface area contributed by atoms with Crippen molar-refractivity contribution in [2.45, 2.75) is 26.7 Å². The summed E-state index contributed by atoms with van der Waals surface area (Å²) < 4.78 is 31.5. The molecule has 0 aliphatic heterocycles. The van der Waals surface area contributed by atoms with Gasteiger partial charge in [0.15, 0.2) is 5.82 Å². The molecular weight excluding hydrogens is 240 g/mol. The quantitative estimate of drug-likeness (QED) is 0.651. The topological polar surface area (TPSA) is 52.3 Å². The van der Waals surface area contributed by atoms with Crippen LogP contribution in [0.3, 0.4) is 0 Å². The normalized spacial score (nSPS) is 12.2. The predicted molar refractivity (Wildman–Crippen MR) is 65.1 cm³/mol. The number of rotatable bonds is 5. The van der Waals surface area contributed by atoms with Crippen molar-refractivity contribution in [3.05, 3.63) is 29.3 Å². The molecule has 100 valence electrons. The highest BCUT2D eigenvalue weighted by Crippen LogP contribution is 2.18. The Morgan fingerprint density at radius 3 is 2.72 bits per heavy atom. The second-order valence-electron chi connectivity index (χ2n) is 4.35. The van der Waals surface area contributed by atoms with Crippen molar-refractivity contribution >= 4 is 11.7 Å².